The van der Waals surface area contributed by atoms with Crippen LogP contribution in [0, 0.1) is 17.0 Å². The predicted octanol–water partition coefficient (Wildman–Crippen LogP) is 3.76. The molecule has 3 rings (SSSR count). The monoisotopic (exact) mass is 511 g/mol. The van der Waals surface area contributed by atoms with Crippen molar-refractivity contribution in [1.82, 2.24) is 16.2 Å². The van der Waals surface area contributed by atoms with Gasteiger partial charge in [-0.1, -0.05) is 29.3 Å². The Hall–Kier alpha value is -4.35. The number of carbonyl (C=O) groups is 3. The maximum atomic E-state index is 12.3. The first kappa shape index (κ1) is 25.3. The van der Waals surface area contributed by atoms with Gasteiger partial charge in [-0.3, -0.25) is 40.7 Å². The summed E-state index contributed by atoms with van der Waals surface area (Å²) in [5.74, 6) is -1.56. The number of amides is 3. The second-order valence-electron chi connectivity index (χ2n) is 7.19. The summed E-state index contributed by atoms with van der Waals surface area (Å²) >= 11 is 10.7. The van der Waals surface area contributed by atoms with Gasteiger partial charge < -0.3 is 5.32 Å². The lowest BCUT2D eigenvalue weighted by Gasteiger charge is -2.11. The summed E-state index contributed by atoms with van der Waals surface area (Å²) in [6, 6.07) is 16.8. The SMILES string of the molecule is Cc1cccc(C(=O)Nc2ccc(C(=O)NNC(=S)NC(=O)c3ccc(Cl)c([N+](=O)[O-])c3)cc2)c1. The summed E-state index contributed by atoms with van der Waals surface area (Å²) in [6.07, 6.45) is 0. The molecule has 0 unspecified atom stereocenters. The molecule has 0 atom stereocenters. The zero-order chi connectivity index (χ0) is 25.5. The van der Waals surface area contributed by atoms with Gasteiger partial charge in [-0.25, -0.2) is 0 Å². The average molecular weight is 512 g/mol. The van der Waals surface area contributed by atoms with Crippen molar-refractivity contribution in [3.05, 3.63) is 104 Å². The molecule has 3 amide bonds. The molecule has 0 aliphatic heterocycles. The largest absolute Gasteiger partial charge is 0.322 e. The number of aryl methyl sites for hydroxylation is 1. The van der Waals surface area contributed by atoms with Gasteiger partial charge in [-0.2, -0.15) is 0 Å². The Morgan fingerprint density at radius 1 is 0.857 bits per heavy atom. The summed E-state index contributed by atoms with van der Waals surface area (Å²) in [5.41, 5.74) is 6.46. The van der Waals surface area contributed by atoms with E-state index in [9.17, 15) is 24.5 Å². The van der Waals surface area contributed by atoms with Gasteiger partial charge in [-0.05, 0) is 67.7 Å². The van der Waals surface area contributed by atoms with Crippen LogP contribution in [0.3, 0.4) is 0 Å². The van der Waals surface area contributed by atoms with Gasteiger partial charge in [0, 0.05) is 28.4 Å². The van der Waals surface area contributed by atoms with Crippen molar-refractivity contribution >= 4 is 58.0 Å². The minimum atomic E-state index is -0.731. The third-order valence-corrected chi connectivity index (χ3v) is 5.13. The smallest absolute Gasteiger partial charge is 0.288 e. The molecule has 35 heavy (non-hydrogen) atoms. The van der Waals surface area contributed by atoms with Crippen molar-refractivity contribution in [2.45, 2.75) is 6.92 Å². The molecule has 0 fully saturated rings. The highest BCUT2D eigenvalue weighted by molar-refractivity contribution is 7.80. The summed E-state index contributed by atoms with van der Waals surface area (Å²) in [7, 11) is 0. The van der Waals surface area contributed by atoms with E-state index in [1.54, 1.807) is 30.3 Å². The Bertz CT molecular complexity index is 1330. The van der Waals surface area contributed by atoms with E-state index in [1.165, 1.54) is 24.3 Å². The van der Waals surface area contributed by atoms with Gasteiger partial charge in [0.2, 0.25) is 0 Å². The summed E-state index contributed by atoms with van der Waals surface area (Å²) in [5, 5.41) is 15.7. The molecule has 0 aliphatic carbocycles. The maximum absolute atomic E-state index is 12.3. The summed E-state index contributed by atoms with van der Waals surface area (Å²) in [6.45, 7) is 1.89. The first-order valence-electron chi connectivity index (χ1n) is 9.98. The van der Waals surface area contributed by atoms with E-state index in [0.29, 0.717) is 11.3 Å². The first-order chi connectivity index (χ1) is 16.6. The number of halogens is 1. The third kappa shape index (κ3) is 6.82. The van der Waals surface area contributed by atoms with E-state index in [2.05, 4.69) is 21.5 Å². The van der Waals surface area contributed by atoms with Crippen LogP contribution in [0.15, 0.2) is 66.7 Å². The average Bonchev–Trinajstić information content (AvgIpc) is 2.83. The highest BCUT2D eigenvalue weighted by Gasteiger charge is 2.17. The fraction of sp³-hybridized carbons (Fsp3) is 0.0435. The van der Waals surface area contributed by atoms with Gasteiger partial charge in [0.15, 0.2) is 5.11 Å². The molecular weight excluding hydrogens is 494 g/mol. The number of carbonyl (C=O) groups excluding carboxylic acids is 3. The second-order valence-corrected chi connectivity index (χ2v) is 8.00. The quantitative estimate of drug-likeness (QED) is 0.232. The van der Waals surface area contributed by atoms with Crippen LogP contribution in [-0.4, -0.2) is 27.8 Å². The maximum Gasteiger partial charge on any atom is 0.288 e. The topological polar surface area (TPSA) is 142 Å². The van der Waals surface area contributed by atoms with E-state index in [-0.39, 0.29) is 27.2 Å². The summed E-state index contributed by atoms with van der Waals surface area (Å²) in [4.78, 5) is 47.2. The van der Waals surface area contributed by atoms with Crippen LogP contribution in [0.2, 0.25) is 5.02 Å². The molecule has 4 N–H and O–H groups in total. The van der Waals surface area contributed by atoms with Crippen molar-refractivity contribution in [3.8, 4) is 0 Å². The van der Waals surface area contributed by atoms with E-state index in [4.69, 9.17) is 23.8 Å². The minimum Gasteiger partial charge on any atom is -0.322 e. The Kier molecular flexibility index (Phi) is 8.08. The predicted molar refractivity (Wildman–Crippen MR) is 134 cm³/mol. The van der Waals surface area contributed by atoms with Gasteiger partial charge in [0.05, 0.1) is 4.92 Å². The molecule has 10 nitrogen and oxygen atoms in total. The third-order valence-electron chi connectivity index (χ3n) is 4.61. The Labute approximate surface area is 209 Å². The molecule has 0 saturated carbocycles. The van der Waals surface area contributed by atoms with Crippen molar-refractivity contribution < 1.29 is 19.3 Å². The van der Waals surface area contributed by atoms with Crippen molar-refractivity contribution in [2.75, 3.05) is 5.32 Å². The van der Waals surface area contributed by atoms with Crippen LogP contribution in [-0.2, 0) is 0 Å². The second kappa shape index (κ2) is 11.2. The first-order valence-corrected chi connectivity index (χ1v) is 10.8. The number of nitro groups is 1. The standard InChI is InChI=1S/C23H18ClN5O5S/c1-13-3-2-4-15(11-13)20(30)25-17-8-5-14(6-9-17)22(32)27-28-23(35)26-21(31)16-7-10-18(24)19(12-16)29(33)34/h2-12H,1H3,(H,25,30)(H,27,32)(H2,26,28,31,35). The molecule has 0 radical (unpaired) electrons. The summed E-state index contributed by atoms with van der Waals surface area (Å²) < 4.78 is 0. The Morgan fingerprint density at radius 3 is 2.17 bits per heavy atom. The zero-order valence-corrected chi connectivity index (χ0v) is 19.7. The minimum absolute atomic E-state index is 0.0418. The van der Waals surface area contributed by atoms with Crippen molar-refractivity contribution in [1.29, 1.82) is 0 Å². The number of anilines is 1. The fourth-order valence-electron chi connectivity index (χ4n) is 2.88. The van der Waals surface area contributed by atoms with Crippen LogP contribution >= 0.6 is 23.8 Å². The molecular formula is C23H18ClN5O5S. The molecule has 3 aromatic carbocycles. The molecule has 3 aromatic rings. The molecule has 0 aromatic heterocycles. The lowest BCUT2D eigenvalue weighted by molar-refractivity contribution is -0.384. The van der Waals surface area contributed by atoms with E-state index in [1.807, 2.05) is 13.0 Å². The highest BCUT2D eigenvalue weighted by atomic mass is 35.5. The molecule has 0 heterocycles. The number of nitrogens with zero attached hydrogens (tertiary/aromatic N) is 1. The normalized spacial score (nSPS) is 10.1. The number of hydrogen-bond acceptors (Lipinski definition) is 6. The van der Waals surface area contributed by atoms with E-state index < -0.39 is 22.4 Å². The van der Waals surface area contributed by atoms with Gasteiger partial charge in [-0.15, -0.1) is 0 Å². The van der Waals surface area contributed by atoms with Crippen molar-refractivity contribution in [3.63, 3.8) is 0 Å². The number of thiocarbonyl (C=S) groups is 1. The zero-order valence-electron chi connectivity index (χ0n) is 18.1. The number of nitrogens with one attached hydrogen (secondary N) is 4. The molecule has 0 saturated heterocycles. The number of rotatable bonds is 5. The molecule has 12 heteroatoms. The van der Waals surface area contributed by atoms with Crippen molar-refractivity contribution in [2.24, 2.45) is 0 Å². The molecule has 0 bridgehead atoms. The van der Waals surface area contributed by atoms with Crippen LogP contribution in [0.4, 0.5) is 11.4 Å². The van der Waals surface area contributed by atoms with Gasteiger partial charge in [0.25, 0.3) is 23.4 Å². The van der Waals surface area contributed by atoms with Gasteiger partial charge >= 0.3 is 0 Å². The number of benzene rings is 3. The van der Waals surface area contributed by atoms with Crippen LogP contribution < -0.4 is 21.5 Å². The Balaban J connectivity index is 1.52. The molecule has 178 valence electrons. The fourth-order valence-corrected chi connectivity index (χ4v) is 3.21. The highest BCUT2D eigenvalue weighted by Crippen LogP contribution is 2.25. The number of nitro benzene ring substituents is 1. The lowest BCUT2D eigenvalue weighted by Crippen LogP contribution is -2.48. The Morgan fingerprint density at radius 2 is 1.51 bits per heavy atom. The number of hydrazine groups is 1. The van der Waals surface area contributed by atoms with E-state index >= 15 is 0 Å². The van der Waals surface area contributed by atoms with Crippen LogP contribution in [0.25, 0.3) is 0 Å². The van der Waals surface area contributed by atoms with Crippen LogP contribution in [0.5, 0.6) is 0 Å². The van der Waals surface area contributed by atoms with Gasteiger partial charge in [0.1, 0.15) is 5.02 Å². The lowest BCUT2D eigenvalue weighted by atomic mass is 10.1. The molecule has 0 spiro atoms. The molecule has 0 aliphatic rings. The van der Waals surface area contributed by atoms with Crippen LogP contribution in [0.1, 0.15) is 36.6 Å². The van der Waals surface area contributed by atoms with E-state index in [0.717, 1.165) is 11.6 Å². The number of hydrogen-bond donors (Lipinski definition) is 4.